The molecule has 1 heterocycles. The number of rotatable bonds is 14. The van der Waals surface area contributed by atoms with E-state index in [0.29, 0.717) is 30.9 Å². The second kappa shape index (κ2) is 14.1. The molecule has 3 atom stereocenters. The molecule has 0 aliphatic carbocycles. The Morgan fingerprint density at radius 1 is 1.09 bits per heavy atom. The fraction of sp³-hybridized carbons (Fsp3) is 0.630. The van der Waals surface area contributed by atoms with Crippen LogP contribution in [0.5, 0.6) is 0 Å². The van der Waals surface area contributed by atoms with Crippen LogP contribution >= 0.6 is 0 Å². The third-order valence-electron chi connectivity index (χ3n) is 6.96. The number of ketones is 2. The summed E-state index contributed by atoms with van der Waals surface area (Å²) in [6, 6.07) is 7.60. The largest absolute Gasteiger partial charge is 0.395 e. The minimum atomic E-state index is -0.188. The molecule has 8 heteroatoms. The molecule has 1 aliphatic rings. The molecule has 2 amide bonds. The quantitative estimate of drug-likeness (QED) is 0.348. The van der Waals surface area contributed by atoms with E-state index in [2.05, 4.69) is 17.7 Å². The predicted octanol–water partition coefficient (Wildman–Crippen LogP) is 2.24. The predicted molar refractivity (Wildman–Crippen MR) is 135 cm³/mol. The maximum absolute atomic E-state index is 12.3. The molecule has 1 aromatic rings. The highest BCUT2D eigenvalue weighted by molar-refractivity contribution is 5.94. The van der Waals surface area contributed by atoms with Crippen LogP contribution < -0.4 is 10.6 Å². The van der Waals surface area contributed by atoms with Crippen molar-refractivity contribution in [1.29, 1.82) is 0 Å². The Balaban J connectivity index is 1.75. The number of nitrogens with one attached hydrogen (secondary N) is 2. The maximum Gasteiger partial charge on any atom is 0.251 e. The van der Waals surface area contributed by atoms with Gasteiger partial charge in [-0.3, -0.25) is 19.2 Å². The standard InChI is InChI=1S/C27H41N3O5/c1-20(21(2)32)6-11-25(33)12-13-26(34)29-17-23-5-4-15-30(3,19-23)18-22-7-9-24(10-8-22)27(35)28-14-16-31/h7-10,20,23,31H,4-6,11-19H2,1-3H3,(H-,28,29,34,35)/p+1/t20?,23-,30?/m1/s1. The summed E-state index contributed by atoms with van der Waals surface area (Å²) < 4.78 is 0.878. The van der Waals surface area contributed by atoms with Gasteiger partial charge in [-0.05, 0) is 38.3 Å². The van der Waals surface area contributed by atoms with Crippen molar-refractivity contribution < 1.29 is 28.8 Å². The fourth-order valence-corrected chi connectivity index (χ4v) is 4.66. The van der Waals surface area contributed by atoms with Gasteiger partial charge in [-0.15, -0.1) is 0 Å². The molecule has 8 nitrogen and oxygen atoms in total. The summed E-state index contributed by atoms with van der Waals surface area (Å²) in [6.07, 6.45) is 3.48. The van der Waals surface area contributed by atoms with Crippen molar-refractivity contribution >= 4 is 23.4 Å². The van der Waals surface area contributed by atoms with E-state index in [0.717, 1.165) is 42.5 Å². The highest BCUT2D eigenvalue weighted by Gasteiger charge is 2.31. The van der Waals surface area contributed by atoms with Gasteiger partial charge in [0.25, 0.3) is 5.91 Å². The van der Waals surface area contributed by atoms with Crippen LogP contribution in [0.25, 0.3) is 0 Å². The molecule has 1 fully saturated rings. The molecule has 3 N–H and O–H groups in total. The average molecular weight is 489 g/mol. The summed E-state index contributed by atoms with van der Waals surface area (Å²) in [5.74, 6) is 0.119. The van der Waals surface area contributed by atoms with Crippen molar-refractivity contribution in [2.45, 2.75) is 58.9 Å². The first-order valence-electron chi connectivity index (χ1n) is 12.7. The zero-order valence-electron chi connectivity index (χ0n) is 21.5. The van der Waals surface area contributed by atoms with Crippen molar-refractivity contribution in [3.05, 3.63) is 35.4 Å². The van der Waals surface area contributed by atoms with Gasteiger partial charge in [-0.2, -0.15) is 0 Å². The van der Waals surface area contributed by atoms with Gasteiger partial charge in [0.15, 0.2) is 0 Å². The normalized spacial score (nSPS) is 20.6. The second-order valence-electron chi connectivity index (χ2n) is 10.3. The van der Waals surface area contributed by atoms with Gasteiger partial charge in [0.1, 0.15) is 18.1 Å². The number of Topliss-reactive ketones (excluding diaryl/α,β-unsaturated/α-hetero) is 2. The lowest BCUT2D eigenvalue weighted by Gasteiger charge is -2.41. The smallest absolute Gasteiger partial charge is 0.251 e. The van der Waals surface area contributed by atoms with E-state index >= 15 is 0 Å². The highest BCUT2D eigenvalue weighted by Crippen LogP contribution is 2.24. The lowest BCUT2D eigenvalue weighted by molar-refractivity contribution is -0.930. The van der Waals surface area contributed by atoms with Gasteiger partial charge < -0.3 is 20.2 Å². The Morgan fingerprint density at radius 3 is 2.46 bits per heavy atom. The molecular weight excluding hydrogens is 446 g/mol. The van der Waals surface area contributed by atoms with E-state index in [-0.39, 0.29) is 55.3 Å². The third kappa shape index (κ3) is 10.3. The van der Waals surface area contributed by atoms with Crippen molar-refractivity contribution in [3.8, 4) is 0 Å². The molecular formula is C27H42N3O5+. The number of likely N-dealkylation sites (tertiary alicyclic amines) is 1. The summed E-state index contributed by atoms with van der Waals surface area (Å²) in [7, 11) is 2.23. The number of benzene rings is 1. The molecule has 35 heavy (non-hydrogen) atoms. The van der Waals surface area contributed by atoms with Gasteiger partial charge in [0.05, 0.1) is 26.7 Å². The van der Waals surface area contributed by atoms with E-state index in [1.807, 2.05) is 31.2 Å². The van der Waals surface area contributed by atoms with Crippen LogP contribution in [0.15, 0.2) is 24.3 Å². The molecule has 194 valence electrons. The minimum absolute atomic E-state index is 0.0343. The number of carbonyl (C=O) groups excluding carboxylic acids is 4. The summed E-state index contributed by atoms with van der Waals surface area (Å²) >= 11 is 0. The van der Waals surface area contributed by atoms with Crippen molar-refractivity contribution in [2.75, 3.05) is 39.8 Å². The SMILES string of the molecule is CC(=O)C(C)CCC(=O)CCC(=O)NC[C@H]1CCC[N+](C)(Cc2ccc(C(=O)NCCO)cc2)C1. The molecule has 0 aromatic heterocycles. The molecule has 1 saturated heterocycles. The van der Waals surface area contributed by atoms with Crippen molar-refractivity contribution in [3.63, 3.8) is 0 Å². The molecule has 1 aromatic carbocycles. The van der Waals surface area contributed by atoms with Crippen LogP contribution in [-0.2, 0) is 20.9 Å². The third-order valence-corrected chi connectivity index (χ3v) is 6.96. The molecule has 2 rings (SSSR count). The molecule has 0 spiro atoms. The Bertz CT molecular complexity index is 870. The van der Waals surface area contributed by atoms with Crippen LogP contribution in [0.1, 0.15) is 68.3 Å². The number of hydrogen-bond acceptors (Lipinski definition) is 5. The maximum atomic E-state index is 12.3. The van der Waals surface area contributed by atoms with E-state index in [1.54, 1.807) is 0 Å². The summed E-state index contributed by atoms with van der Waals surface area (Å²) in [5.41, 5.74) is 1.74. The molecule has 0 bridgehead atoms. The topological polar surface area (TPSA) is 113 Å². The number of aliphatic hydroxyl groups excluding tert-OH is 1. The summed E-state index contributed by atoms with van der Waals surface area (Å²) in [4.78, 5) is 47.6. The number of aliphatic hydroxyl groups is 1. The van der Waals surface area contributed by atoms with E-state index < -0.39 is 0 Å². The number of hydrogen-bond donors (Lipinski definition) is 3. The number of quaternary nitrogens is 1. The lowest BCUT2D eigenvalue weighted by Crippen LogP contribution is -2.52. The molecule has 2 unspecified atom stereocenters. The lowest BCUT2D eigenvalue weighted by atomic mass is 9.95. The van der Waals surface area contributed by atoms with Gasteiger partial charge in [0.2, 0.25) is 5.91 Å². The van der Waals surface area contributed by atoms with Crippen LogP contribution in [0.3, 0.4) is 0 Å². The van der Waals surface area contributed by atoms with Crippen LogP contribution in [0.2, 0.25) is 0 Å². The number of amides is 2. The second-order valence-corrected chi connectivity index (χ2v) is 10.3. The minimum Gasteiger partial charge on any atom is -0.395 e. The van der Waals surface area contributed by atoms with Gasteiger partial charge >= 0.3 is 0 Å². The molecule has 0 saturated carbocycles. The van der Waals surface area contributed by atoms with E-state index in [1.165, 1.54) is 6.92 Å². The first kappa shape index (κ1) is 28.7. The highest BCUT2D eigenvalue weighted by atomic mass is 16.3. The zero-order chi connectivity index (χ0) is 25.8. The van der Waals surface area contributed by atoms with Crippen LogP contribution in [0.4, 0.5) is 0 Å². The van der Waals surface area contributed by atoms with Gasteiger partial charge in [-0.25, -0.2) is 0 Å². The Hall–Kier alpha value is -2.58. The van der Waals surface area contributed by atoms with Crippen LogP contribution in [-0.4, -0.2) is 72.8 Å². The van der Waals surface area contributed by atoms with Crippen molar-refractivity contribution in [2.24, 2.45) is 11.8 Å². The fourth-order valence-electron chi connectivity index (χ4n) is 4.66. The Morgan fingerprint density at radius 2 is 1.80 bits per heavy atom. The molecule has 0 radical (unpaired) electrons. The Kier molecular flexibility index (Phi) is 11.5. The van der Waals surface area contributed by atoms with Crippen molar-refractivity contribution in [1.82, 2.24) is 10.6 Å². The van der Waals surface area contributed by atoms with Crippen LogP contribution in [0, 0.1) is 11.8 Å². The first-order valence-corrected chi connectivity index (χ1v) is 12.7. The average Bonchev–Trinajstić information content (AvgIpc) is 2.83. The summed E-state index contributed by atoms with van der Waals surface area (Å²) in [5, 5.41) is 14.5. The first-order chi connectivity index (χ1) is 16.6. The van der Waals surface area contributed by atoms with E-state index in [9.17, 15) is 19.2 Å². The van der Waals surface area contributed by atoms with E-state index in [4.69, 9.17) is 5.11 Å². The monoisotopic (exact) mass is 488 g/mol. The zero-order valence-corrected chi connectivity index (χ0v) is 21.5. The van der Waals surface area contributed by atoms with Gasteiger partial charge in [0, 0.05) is 55.3 Å². The number of carbonyl (C=O) groups is 4. The summed E-state index contributed by atoms with van der Waals surface area (Å²) in [6.45, 7) is 7.02. The van der Waals surface area contributed by atoms with Gasteiger partial charge in [-0.1, -0.05) is 19.1 Å². The Labute approximate surface area is 209 Å². The number of piperidine rings is 1. The number of nitrogens with zero attached hydrogens (tertiary/aromatic N) is 1. The molecule has 1 aliphatic heterocycles.